The maximum atomic E-state index is 11.5. The third-order valence-electron chi connectivity index (χ3n) is 2.40. The number of nitrogens with one attached hydrogen (secondary N) is 2. The van der Waals surface area contributed by atoms with E-state index in [1.165, 1.54) is 6.08 Å². The molecule has 7 heteroatoms. The second kappa shape index (κ2) is 7.66. The second-order valence-electron chi connectivity index (χ2n) is 4.11. The highest BCUT2D eigenvalue weighted by Gasteiger charge is 2.07. The van der Waals surface area contributed by atoms with E-state index in [2.05, 4.69) is 10.0 Å². The molecule has 6 nitrogen and oxygen atoms in total. The van der Waals surface area contributed by atoms with Gasteiger partial charge in [-0.3, -0.25) is 4.79 Å². The zero-order valence-corrected chi connectivity index (χ0v) is 12.1. The molecule has 0 aliphatic heterocycles. The van der Waals surface area contributed by atoms with Crippen molar-refractivity contribution in [3.63, 3.8) is 0 Å². The number of benzene rings is 1. The predicted molar refractivity (Wildman–Crippen MR) is 80.4 cm³/mol. The first kappa shape index (κ1) is 16.2. The number of nitrogens with two attached hydrogens (primary N) is 1. The lowest BCUT2D eigenvalue weighted by molar-refractivity contribution is -0.116. The zero-order chi connectivity index (χ0) is 15.0. The van der Waals surface area contributed by atoms with Crippen molar-refractivity contribution in [2.45, 2.75) is 6.92 Å². The smallest absolute Gasteiger partial charge is 0.244 e. The lowest BCUT2D eigenvalue weighted by Crippen LogP contribution is -2.33. The van der Waals surface area contributed by atoms with Crippen LogP contribution in [0, 0.1) is 0 Å². The molecule has 1 amide bonds. The van der Waals surface area contributed by atoms with Crippen LogP contribution >= 0.6 is 0 Å². The number of sulfonamides is 1. The summed E-state index contributed by atoms with van der Waals surface area (Å²) in [4.78, 5) is 11.5. The van der Waals surface area contributed by atoms with E-state index in [-0.39, 0.29) is 18.2 Å². The quantitative estimate of drug-likeness (QED) is 0.499. The fraction of sp³-hybridized carbons (Fsp3) is 0.308. The molecule has 1 aromatic carbocycles. The second-order valence-corrected chi connectivity index (χ2v) is 6.03. The van der Waals surface area contributed by atoms with Gasteiger partial charge in [-0.2, -0.15) is 0 Å². The normalized spacial score (nSPS) is 11.7. The summed E-state index contributed by atoms with van der Waals surface area (Å²) in [7, 11) is -3.30. The van der Waals surface area contributed by atoms with E-state index in [9.17, 15) is 13.2 Å². The Morgan fingerprint density at radius 3 is 2.55 bits per heavy atom. The van der Waals surface area contributed by atoms with Crippen LogP contribution in [-0.4, -0.2) is 33.2 Å². The summed E-state index contributed by atoms with van der Waals surface area (Å²) < 4.78 is 25.0. The predicted octanol–water partition coefficient (Wildman–Crippen LogP) is 0.338. The van der Waals surface area contributed by atoms with E-state index in [0.29, 0.717) is 12.2 Å². The molecule has 0 saturated heterocycles. The molecule has 0 spiro atoms. The van der Waals surface area contributed by atoms with Crippen molar-refractivity contribution in [2.75, 3.05) is 24.6 Å². The Labute approximate surface area is 119 Å². The van der Waals surface area contributed by atoms with E-state index < -0.39 is 10.0 Å². The SMILES string of the molecule is CCNS(=O)(=O)CCNC(=O)/C=C/c1ccc(N)cc1. The fourth-order valence-corrected chi connectivity index (χ4v) is 2.39. The number of carbonyl (C=O) groups excluding carboxylic acids is 1. The van der Waals surface area contributed by atoms with E-state index in [1.807, 2.05) is 0 Å². The summed E-state index contributed by atoms with van der Waals surface area (Å²) in [5.74, 6) is -0.476. The highest BCUT2D eigenvalue weighted by atomic mass is 32.2. The Morgan fingerprint density at radius 1 is 1.30 bits per heavy atom. The van der Waals surface area contributed by atoms with Gasteiger partial charge in [0.05, 0.1) is 5.75 Å². The van der Waals surface area contributed by atoms with Crippen molar-refractivity contribution in [1.29, 1.82) is 0 Å². The molecule has 0 aliphatic rings. The van der Waals surface area contributed by atoms with Crippen LogP contribution in [0.15, 0.2) is 30.3 Å². The van der Waals surface area contributed by atoms with Gasteiger partial charge in [-0.25, -0.2) is 13.1 Å². The standard InChI is InChI=1S/C13H19N3O3S/c1-2-16-20(18,19)10-9-15-13(17)8-5-11-3-6-12(14)7-4-11/h3-8,16H,2,9-10,14H2,1H3,(H,15,17)/b8-5+. The van der Waals surface area contributed by atoms with Crippen LogP contribution in [0.1, 0.15) is 12.5 Å². The third-order valence-corrected chi connectivity index (χ3v) is 3.87. The number of hydrogen-bond acceptors (Lipinski definition) is 4. The number of anilines is 1. The van der Waals surface area contributed by atoms with Crippen molar-refractivity contribution in [1.82, 2.24) is 10.0 Å². The summed E-state index contributed by atoms with van der Waals surface area (Å²) in [6.07, 6.45) is 2.99. The molecule has 0 aromatic heterocycles. The fourth-order valence-electron chi connectivity index (χ4n) is 1.44. The van der Waals surface area contributed by atoms with Crippen LogP contribution in [0.25, 0.3) is 6.08 Å². The number of carbonyl (C=O) groups is 1. The van der Waals surface area contributed by atoms with Crippen LogP contribution < -0.4 is 15.8 Å². The van der Waals surface area contributed by atoms with Gasteiger partial charge >= 0.3 is 0 Å². The van der Waals surface area contributed by atoms with Gasteiger partial charge in [0.1, 0.15) is 0 Å². The number of nitrogen functional groups attached to an aromatic ring is 1. The van der Waals surface area contributed by atoms with Crippen LogP contribution in [0.4, 0.5) is 5.69 Å². The molecule has 0 heterocycles. The molecule has 1 rings (SSSR count). The van der Waals surface area contributed by atoms with Crippen molar-refractivity contribution >= 4 is 27.7 Å². The first-order chi connectivity index (χ1) is 9.43. The van der Waals surface area contributed by atoms with Gasteiger partial charge < -0.3 is 11.1 Å². The van der Waals surface area contributed by atoms with E-state index in [4.69, 9.17) is 5.73 Å². The lowest BCUT2D eigenvalue weighted by atomic mass is 10.2. The summed E-state index contributed by atoms with van der Waals surface area (Å²) in [5, 5.41) is 2.51. The maximum Gasteiger partial charge on any atom is 0.244 e. The van der Waals surface area contributed by atoms with Gasteiger partial charge in [0.2, 0.25) is 15.9 Å². The summed E-state index contributed by atoms with van der Waals surface area (Å²) in [6, 6.07) is 7.05. The van der Waals surface area contributed by atoms with Crippen molar-refractivity contribution in [3.05, 3.63) is 35.9 Å². The van der Waals surface area contributed by atoms with E-state index in [1.54, 1.807) is 37.3 Å². The Hall–Kier alpha value is -1.86. The molecule has 1 aromatic rings. The maximum absolute atomic E-state index is 11.5. The summed E-state index contributed by atoms with van der Waals surface area (Å²) >= 11 is 0. The van der Waals surface area contributed by atoms with Crippen LogP contribution in [0.2, 0.25) is 0 Å². The molecule has 20 heavy (non-hydrogen) atoms. The Kier molecular flexibility index (Phi) is 6.20. The topological polar surface area (TPSA) is 101 Å². The molecular formula is C13H19N3O3S. The molecule has 0 bridgehead atoms. The van der Waals surface area contributed by atoms with Crippen LogP contribution in [0.3, 0.4) is 0 Å². The highest BCUT2D eigenvalue weighted by molar-refractivity contribution is 7.89. The number of rotatable bonds is 7. The Bertz CT molecular complexity index is 565. The van der Waals surface area contributed by atoms with Gasteiger partial charge in [-0.1, -0.05) is 19.1 Å². The van der Waals surface area contributed by atoms with Crippen molar-refractivity contribution in [2.24, 2.45) is 0 Å². The summed E-state index contributed by atoms with van der Waals surface area (Å²) in [6.45, 7) is 2.11. The first-order valence-corrected chi connectivity index (χ1v) is 7.87. The molecule has 0 unspecified atom stereocenters. The molecule has 0 saturated carbocycles. The highest BCUT2D eigenvalue weighted by Crippen LogP contribution is 2.06. The van der Waals surface area contributed by atoms with Crippen molar-refractivity contribution in [3.8, 4) is 0 Å². The average Bonchev–Trinajstić information content (AvgIpc) is 2.37. The monoisotopic (exact) mass is 297 g/mol. The zero-order valence-electron chi connectivity index (χ0n) is 11.3. The molecular weight excluding hydrogens is 278 g/mol. The first-order valence-electron chi connectivity index (χ1n) is 6.22. The van der Waals surface area contributed by atoms with Gasteiger partial charge in [0.15, 0.2) is 0 Å². The van der Waals surface area contributed by atoms with Gasteiger partial charge in [-0.05, 0) is 23.8 Å². The van der Waals surface area contributed by atoms with E-state index in [0.717, 1.165) is 5.56 Å². The Morgan fingerprint density at radius 2 is 1.95 bits per heavy atom. The molecule has 0 radical (unpaired) electrons. The van der Waals surface area contributed by atoms with Crippen LogP contribution in [0.5, 0.6) is 0 Å². The van der Waals surface area contributed by atoms with E-state index >= 15 is 0 Å². The van der Waals surface area contributed by atoms with Gasteiger partial charge in [0, 0.05) is 24.9 Å². The summed E-state index contributed by atoms with van der Waals surface area (Å²) in [5.41, 5.74) is 7.04. The molecule has 0 atom stereocenters. The largest absolute Gasteiger partial charge is 0.399 e. The molecule has 0 fully saturated rings. The molecule has 4 N–H and O–H groups in total. The molecule has 110 valence electrons. The van der Waals surface area contributed by atoms with Crippen LogP contribution in [-0.2, 0) is 14.8 Å². The lowest BCUT2D eigenvalue weighted by Gasteiger charge is -2.04. The number of amides is 1. The minimum absolute atomic E-state index is 0.0697. The van der Waals surface area contributed by atoms with Crippen molar-refractivity contribution < 1.29 is 13.2 Å². The average molecular weight is 297 g/mol. The number of hydrogen-bond donors (Lipinski definition) is 3. The molecule has 0 aliphatic carbocycles. The minimum Gasteiger partial charge on any atom is -0.399 e. The van der Waals surface area contributed by atoms with Gasteiger partial charge in [0.25, 0.3) is 0 Å². The minimum atomic E-state index is -3.30. The van der Waals surface area contributed by atoms with Gasteiger partial charge in [-0.15, -0.1) is 0 Å². The Balaban J connectivity index is 2.39. The third kappa shape index (κ3) is 6.35.